The second-order valence-corrected chi connectivity index (χ2v) is 8.10. The number of rotatable bonds is 7. The minimum Gasteiger partial charge on any atom is -0.497 e. The lowest BCUT2D eigenvalue weighted by Gasteiger charge is -2.17. The van der Waals surface area contributed by atoms with Crippen molar-refractivity contribution in [2.75, 3.05) is 7.11 Å². The predicted molar refractivity (Wildman–Crippen MR) is 105 cm³/mol. The zero-order chi connectivity index (χ0) is 20.3. The van der Waals surface area contributed by atoms with Crippen molar-refractivity contribution in [3.05, 3.63) is 54.4 Å². The zero-order valence-corrected chi connectivity index (χ0v) is 16.6. The molecule has 3 N–H and O–H groups in total. The molecule has 0 aliphatic carbocycles. The molecule has 2 atom stereocenters. The maximum atomic E-state index is 12.5. The summed E-state index contributed by atoms with van der Waals surface area (Å²) in [5, 5.41) is 2.77. The lowest BCUT2D eigenvalue weighted by atomic mass is 10.2. The second kappa shape index (κ2) is 7.99. The van der Waals surface area contributed by atoms with E-state index in [1.54, 1.807) is 19.1 Å². The molecule has 9 heteroatoms. The van der Waals surface area contributed by atoms with E-state index in [-0.39, 0.29) is 4.90 Å². The minimum atomic E-state index is -3.84. The lowest BCUT2D eigenvalue weighted by molar-refractivity contribution is -0.123. The summed E-state index contributed by atoms with van der Waals surface area (Å²) in [5.74, 6) is 0.689. The summed E-state index contributed by atoms with van der Waals surface area (Å²) in [6, 6.07) is 12.1. The molecule has 1 unspecified atom stereocenters. The number of benzene rings is 2. The van der Waals surface area contributed by atoms with Crippen LogP contribution in [0.3, 0.4) is 0 Å². The van der Waals surface area contributed by atoms with Gasteiger partial charge in [0.05, 0.1) is 35.1 Å². The van der Waals surface area contributed by atoms with Gasteiger partial charge >= 0.3 is 0 Å². The number of H-pyrrole nitrogens is 1. The van der Waals surface area contributed by atoms with Crippen molar-refractivity contribution in [2.45, 2.75) is 30.8 Å². The number of hydrogen-bond donors (Lipinski definition) is 3. The largest absolute Gasteiger partial charge is 0.497 e. The van der Waals surface area contributed by atoms with Crippen LogP contribution < -0.4 is 14.8 Å². The number of carbonyl (C=O) groups excluding carboxylic acids is 1. The second-order valence-electron chi connectivity index (χ2n) is 6.39. The van der Waals surface area contributed by atoms with Gasteiger partial charge < -0.3 is 15.0 Å². The number of imidazole rings is 1. The Hall–Kier alpha value is -2.91. The summed E-state index contributed by atoms with van der Waals surface area (Å²) in [6.07, 6.45) is 0. The van der Waals surface area contributed by atoms with E-state index in [1.807, 2.05) is 24.3 Å². The van der Waals surface area contributed by atoms with Crippen LogP contribution in [0.15, 0.2) is 53.4 Å². The van der Waals surface area contributed by atoms with Crippen molar-refractivity contribution in [2.24, 2.45) is 0 Å². The predicted octanol–water partition coefficient (Wildman–Crippen LogP) is 2.12. The van der Waals surface area contributed by atoms with Gasteiger partial charge in [-0.25, -0.2) is 13.4 Å². The Morgan fingerprint density at radius 2 is 1.79 bits per heavy atom. The number of methoxy groups -OCH3 is 1. The number of hydrogen-bond acceptors (Lipinski definition) is 5. The van der Waals surface area contributed by atoms with Crippen molar-refractivity contribution in [3.8, 4) is 5.75 Å². The van der Waals surface area contributed by atoms with Gasteiger partial charge in [-0.05, 0) is 50.2 Å². The first kappa shape index (κ1) is 19.8. The van der Waals surface area contributed by atoms with E-state index >= 15 is 0 Å². The highest BCUT2D eigenvalue weighted by Gasteiger charge is 2.24. The quantitative estimate of drug-likeness (QED) is 0.560. The van der Waals surface area contributed by atoms with Gasteiger partial charge in [-0.15, -0.1) is 0 Å². The van der Waals surface area contributed by atoms with Crippen LogP contribution in [0.25, 0.3) is 11.0 Å². The van der Waals surface area contributed by atoms with Crippen molar-refractivity contribution in [1.82, 2.24) is 20.0 Å². The van der Waals surface area contributed by atoms with Crippen LogP contribution in [0.5, 0.6) is 5.75 Å². The highest BCUT2D eigenvalue weighted by Crippen LogP contribution is 2.17. The van der Waals surface area contributed by atoms with E-state index in [0.29, 0.717) is 11.6 Å². The number of nitrogens with zero attached hydrogens (tertiary/aromatic N) is 1. The molecule has 0 saturated carbocycles. The molecule has 0 aliphatic heterocycles. The van der Waals surface area contributed by atoms with Gasteiger partial charge in [0.15, 0.2) is 0 Å². The van der Waals surface area contributed by atoms with Gasteiger partial charge in [-0.1, -0.05) is 12.1 Å². The molecule has 0 saturated heterocycles. The highest BCUT2D eigenvalue weighted by atomic mass is 32.2. The Morgan fingerprint density at radius 1 is 1.11 bits per heavy atom. The first-order valence-corrected chi connectivity index (χ1v) is 10.2. The zero-order valence-electron chi connectivity index (χ0n) is 15.8. The fraction of sp³-hybridized carbons (Fsp3) is 0.263. The molecule has 3 aromatic rings. The first-order valence-electron chi connectivity index (χ1n) is 8.71. The molecule has 3 rings (SSSR count). The van der Waals surface area contributed by atoms with Gasteiger partial charge in [-0.3, -0.25) is 4.79 Å². The Balaban J connectivity index is 1.66. The van der Waals surface area contributed by atoms with Gasteiger partial charge in [0, 0.05) is 0 Å². The number of para-hydroxylation sites is 2. The topological polar surface area (TPSA) is 113 Å². The number of nitrogens with one attached hydrogen (secondary N) is 3. The molecule has 0 bridgehead atoms. The summed E-state index contributed by atoms with van der Waals surface area (Å²) in [7, 11) is -2.34. The van der Waals surface area contributed by atoms with Crippen LogP contribution in [0.1, 0.15) is 25.7 Å². The maximum absolute atomic E-state index is 12.5. The number of ether oxygens (including phenoxy) is 1. The van der Waals surface area contributed by atoms with Crippen LogP contribution in [-0.2, 0) is 14.8 Å². The van der Waals surface area contributed by atoms with E-state index in [2.05, 4.69) is 20.0 Å². The number of carbonyl (C=O) groups is 1. The maximum Gasteiger partial charge on any atom is 0.241 e. The minimum absolute atomic E-state index is 0.0540. The Morgan fingerprint density at radius 3 is 2.43 bits per heavy atom. The Kier molecular flexibility index (Phi) is 5.66. The number of fused-ring (bicyclic) bond motifs is 1. The lowest BCUT2D eigenvalue weighted by Crippen LogP contribution is -2.45. The average molecular weight is 402 g/mol. The van der Waals surface area contributed by atoms with Gasteiger partial charge in [0.25, 0.3) is 0 Å². The van der Waals surface area contributed by atoms with Crippen molar-refractivity contribution < 1.29 is 17.9 Å². The van der Waals surface area contributed by atoms with E-state index in [9.17, 15) is 13.2 Å². The van der Waals surface area contributed by atoms with Gasteiger partial charge in [0.2, 0.25) is 15.9 Å². The van der Waals surface area contributed by atoms with Crippen molar-refractivity contribution in [1.29, 1.82) is 0 Å². The molecular formula is C19H22N4O4S. The first-order chi connectivity index (χ1) is 13.3. The number of aromatic amines is 1. The molecule has 8 nitrogen and oxygen atoms in total. The summed E-state index contributed by atoms with van der Waals surface area (Å²) in [4.78, 5) is 20.1. The molecule has 2 aromatic carbocycles. The molecule has 1 aromatic heterocycles. The van der Waals surface area contributed by atoms with E-state index < -0.39 is 28.0 Å². The summed E-state index contributed by atoms with van der Waals surface area (Å²) in [5.41, 5.74) is 1.67. The number of amides is 1. The highest BCUT2D eigenvalue weighted by molar-refractivity contribution is 7.89. The van der Waals surface area contributed by atoms with Crippen LogP contribution in [0, 0.1) is 0 Å². The molecule has 1 heterocycles. The molecule has 0 radical (unpaired) electrons. The molecule has 0 fully saturated rings. The van der Waals surface area contributed by atoms with E-state index in [4.69, 9.17) is 4.74 Å². The fourth-order valence-corrected chi connectivity index (χ4v) is 3.90. The third kappa shape index (κ3) is 4.32. The standard InChI is InChI=1S/C19H22N4O4S/c1-12(18-21-16-6-4-5-7-17(16)22-18)20-19(24)13(2)23-28(25,26)15-10-8-14(27-3)9-11-15/h4-13,23H,1-3H3,(H,20,24)(H,21,22)/t12?,13-/m0/s1. The van der Waals surface area contributed by atoms with Crippen LogP contribution in [-0.4, -0.2) is 37.4 Å². The number of aromatic nitrogens is 2. The molecule has 0 spiro atoms. The van der Waals surface area contributed by atoms with Gasteiger partial charge in [0.1, 0.15) is 11.6 Å². The summed E-state index contributed by atoms with van der Waals surface area (Å²) >= 11 is 0. The van der Waals surface area contributed by atoms with Crippen LogP contribution >= 0.6 is 0 Å². The Bertz CT molecular complexity index is 1040. The summed E-state index contributed by atoms with van der Waals surface area (Å²) in [6.45, 7) is 3.27. The molecule has 148 valence electrons. The normalized spacial score (nSPS) is 13.8. The summed E-state index contributed by atoms with van der Waals surface area (Å²) < 4.78 is 32.3. The third-order valence-corrected chi connectivity index (χ3v) is 5.83. The Labute approximate surface area is 163 Å². The smallest absolute Gasteiger partial charge is 0.241 e. The van der Waals surface area contributed by atoms with Crippen LogP contribution in [0.2, 0.25) is 0 Å². The monoisotopic (exact) mass is 402 g/mol. The third-order valence-electron chi connectivity index (χ3n) is 4.27. The van der Waals surface area contributed by atoms with E-state index in [0.717, 1.165) is 11.0 Å². The molecule has 28 heavy (non-hydrogen) atoms. The van der Waals surface area contributed by atoms with Crippen molar-refractivity contribution >= 4 is 27.0 Å². The molecule has 1 amide bonds. The van der Waals surface area contributed by atoms with Gasteiger partial charge in [-0.2, -0.15) is 4.72 Å². The van der Waals surface area contributed by atoms with E-state index in [1.165, 1.54) is 26.2 Å². The van der Waals surface area contributed by atoms with Crippen LogP contribution in [0.4, 0.5) is 0 Å². The molecular weight excluding hydrogens is 380 g/mol. The average Bonchev–Trinajstić information content (AvgIpc) is 3.12. The molecule has 0 aliphatic rings. The SMILES string of the molecule is COc1ccc(S(=O)(=O)N[C@@H](C)C(=O)NC(C)c2nc3ccccc3[nH]2)cc1. The van der Waals surface area contributed by atoms with Crippen molar-refractivity contribution in [3.63, 3.8) is 0 Å². The fourth-order valence-electron chi connectivity index (χ4n) is 2.69. The number of sulfonamides is 1.